The van der Waals surface area contributed by atoms with Gasteiger partial charge in [-0.3, -0.25) is 14.4 Å². The summed E-state index contributed by atoms with van der Waals surface area (Å²) in [5.74, 6) is -0.737. The summed E-state index contributed by atoms with van der Waals surface area (Å²) in [5.41, 5.74) is 1.65. The van der Waals surface area contributed by atoms with Gasteiger partial charge in [0, 0.05) is 48.7 Å². The Morgan fingerprint density at radius 2 is 1.94 bits per heavy atom. The predicted octanol–water partition coefficient (Wildman–Crippen LogP) is 1.61. The number of rotatable bonds is 7. The SMILES string of the molecule is CCN(CC)C(=O)Cn1ccc2cc(NC(=O)C3=NN(C4CCS(=O)(=O)C4)C(=O)CC3)ccc21. The Bertz CT molecular complexity index is 1260. The van der Waals surface area contributed by atoms with E-state index in [1.807, 2.05) is 42.8 Å². The lowest BCUT2D eigenvalue weighted by atomic mass is 10.1. The van der Waals surface area contributed by atoms with Gasteiger partial charge in [0.2, 0.25) is 11.8 Å². The van der Waals surface area contributed by atoms with Crippen LogP contribution in [-0.4, -0.2) is 77.0 Å². The number of amides is 3. The van der Waals surface area contributed by atoms with Crippen molar-refractivity contribution in [1.82, 2.24) is 14.5 Å². The highest BCUT2D eigenvalue weighted by atomic mass is 32.2. The normalized spacial score (nSPS) is 19.8. The fourth-order valence-corrected chi connectivity index (χ4v) is 6.12. The Balaban J connectivity index is 1.47. The number of hydrogen-bond acceptors (Lipinski definition) is 6. The molecule has 1 aromatic heterocycles. The van der Waals surface area contributed by atoms with Crippen LogP contribution < -0.4 is 5.32 Å². The molecule has 1 atom stereocenters. The van der Waals surface area contributed by atoms with Crippen LogP contribution in [0.5, 0.6) is 0 Å². The van der Waals surface area contributed by atoms with Gasteiger partial charge < -0.3 is 14.8 Å². The zero-order chi connectivity index (χ0) is 24.5. The lowest BCUT2D eigenvalue weighted by molar-refractivity contribution is -0.134. The van der Waals surface area contributed by atoms with Crippen LogP contribution in [0.4, 0.5) is 5.69 Å². The van der Waals surface area contributed by atoms with Gasteiger partial charge in [-0.2, -0.15) is 5.10 Å². The molecule has 0 spiro atoms. The van der Waals surface area contributed by atoms with E-state index in [2.05, 4.69) is 10.4 Å². The predicted molar refractivity (Wildman–Crippen MR) is 129 cm³/mol. The molecule has 2 aromatic rings. The van der Waals surface area contributed by atoms with Crippen molar-refractivity contribution >= 4 is 49.9 Å². The molecule has 2 aliphatic rings. The summed E-state index contributed by atoms with van der Waals surface area (Å²) in [6.45, 7) is 5.47. The summed E-state index contributed by atoms with van der Waals surface area (Å²) in [6, 6.07) is 6.80. The molecule has 4 rings (SSSR count). The summed E-state index contributed by atoms with van der Waals surface area (Å²) in [5, 5.41) is 9.10. The number of aromatic nitrogens is 1. The topological polar surface area (TPSA) is 121 Å². The zero-order valence-electron chi connectivity index (χ0n) is 19.4. The fraction of sp³-hybridized carbons (Fsp3) is 0.478. The van der Waals surface area contributed by atoms with Crippen molar-refractivity contribution in [2.45, 2.75) is 45.7 Å². The van der Waals surface area contributed by atoms with E-state index in [0.29, 0.717) is 25.2 Å². The number of carbonyl (C=O) groups is 3. The number of anilines is 1. The van der Waals surface area contributed by atoms with Crippen molar-refractivity contribution < 1.29 is 22.8 Å². The molecule has 0 saturated carbocycles. The highest BCUT2D eigenvalue weighted by Crippen LogP contribution is 2.24. The number of carbonyl (C=O) groups excluding carboxylic acids is 3. The minimum absolute atomic E-state index is 0.0265. The van der Waals surface area contributed by atoms with E-state index < -0.39 is 21.8 Å². The second kappa shape index (κ2) is 9.57. The zero-order valence-corrected chi connectivity index (χ0v) is 20.2. The van der Waals surface area contributed by atoms with Crippen LogP contribution in [0.2, 0.25) is 0 Å². The molecule has 1 unspecified atom stereocenters. The quantitative estimate of drug-likeness (QED) is 0.636. The Morgan fingerprint density at radius 1 is 1.18 bits per heavy atom. The molecule has 0 radical (unpaired) electrons. The molecular formula is C23H29N5O5S. The minimum Gasteiger partial charge on any atom is -0.342 e. The van der Waals surface area contributed by atoms with Crippen molar-refractivity contribution in [3.05, 3.63) is 30.5 Å². The maximum atomic E-state index is 12.8. The fourth-order valence-electron chi connectivity index (χ4n) is 4.43. The number of hydrazone groups is 1. The summed E-state index contributed by atoms with van der Waals surface area (Å²) in [6.07, 6.45) is 2.50. The first-order valence-electron chi connectivity index (χ1n) is 11.5. The van der Waals surface area contributed by atoms with Crippen LogP contribution in [0, 0.1) is 0 Å². The average Bonchev–Trinajstić information content (AvgIpc) is 3.37. The first-order valence-corrected chi connectivity index (χ1v) is 13.3. The number of fused-ring (bicyclic) bond motifs is 1. The van der Waals surface area contributed by atoms with Gasteiger partial charge >= 0.3 is 0 Å². The largest absolute Gasteiger partial charge is 0.342 e. The van der Waals surface area contributed by atoms with Crippen LogP contribution in [0.25, 0.3) is 10.9 Å². The van der Waals surface area contributed by atoms with E-state index in [0.717, 1.165) is 10.9 Å². The van der Waals surface area contributed by atoms with Gasteiger partial charge in [0.15, 0.2) is 9.84 Å². The first kappa shape index (κ1) is 23.9. The molecule has 11 heteroatoms. The van der Waals surface area contributed by atoms with Gasteiger partial charge in [-0.1, -0.05) is 0 Å². The molecule has 1 N–H and O–H groups in total. The number of hydrogen-bond donors (Lipinski definition) is 1. The lowest BCUT2D eigenvalue weighted by Gasteiger charge is -2.27. The van der Waals surface area contributed by atoms with Gasteiger partial charge in [0.25, 0.3) is 5.91 Å². The Hall–Kier alpha value is -3.21. The maximum Gasteiger partial charge on any atom is 0.271 e. The van der Waals surface area contributed by atoms with E-state index in [4.69, 9.17) is 0 Å². The van der Waals surface area contributed by atoms with E-state index >= 15 is 0 Å². The summed E-state index contributed by atoms with van der Waals surface area (Å²) in [4.78, 5) is 39.4. The van der Waals surface area contributed by atoms with Crippen LogP contribution in [0.1, 0.15) is 33.1 Å². The molecule has 34 heavy (non-hydrogen) atoms. The third-order valence-corrected chi connectivity index (χ3v) is 8.08. The molecular weight excluding hydrogens is 458 g/mol. The molecule has 10 nitrogen and oxygen atoms in total. The number of likely N-dealkylation sites (N-methyl/N-ethyl adjacent to an activating group) is 1. The van der Waals surface area contributed by atoms with E-state index in [-0.39, 0.29) is 48.4 Å². The highest BCUT2D eigenvalue weighted by Gasteiger charge is 2.37. The van der Waals surface area contributed by atoms with Crippen LogP contribution in [0.3, 0.4) is 0 Å². The van der Waals surface area contributed by atoms with Gasteiger partial charge in [-0.25, -0.2) is 13.4 Å². The number of sulfone groups is 1. The monoisotopic (exact) mass is 487 g/mol. The van der Waals surface area contributed by atoms with Crippen LogP contribution in [-0.2, 0) is 30.8 Å². The third-order valence-electron chi connectivity index (χ3n) is 6.33. The molecule has 3 heterocycles. The summed E-state index contributed by atoms with van der Waals surface area (Å²) in [7, 11) is -3.18. The third kappa shape index (κ3) is 4.98. The summed E-state index contributed by atoms with van der Waals surface area (Å²) >= 11 is 0. The number of nitrogens with one attached hydrogen (secondary N) is 1. The maximum absolute atomic E-state index is 12.8. The second-order valence-electron chi connectivity index (χ2n) is 8.58. The molecule has 1 fully saturated rings. The minimum atomic E-state index is -3.18. The summed E-state index contributed by atoms with van der Waals surface area (Å²) < 4.78 is 25.5. The van der Waals surface area contributed by atoms with Crippen molar-refractivity contribution in [2.24, 2.45) is 5.10 Å². The van der Waals surface area contributed by atoms with Gasteiger partial charge in [-0.15, -0.1) is 0 Å². The van der Waals surface area contributed by atoms with Crippen molar-refractivity contribution in [1.29, 1.82) is 0 Å². The Labute approximate surface area is 198 Å². The molecule has 3 amide bonds. The van der Waals surface area contributed by atoms with Gasteiger partial charge in [0.1, 0.15) is 12.3 Å². The molecule has 2 aliphatic heterocycles. The Morgan fingerprint density at radius 3 is 2.62 bits per heavy atom. The molecule has 182 valence electrons. The van der Waals surface area contributed by atoms with E-state index in [1.165, 1.54) is 5.01 Å². The lowest BCUT2D eigenvalue weighted by Crippen LogP contribution is -2.42. The molecule has 0 bridgehead atoms. The smallest absolute Gasteiger partial charge is 0.271 e. The Kier molecular flexibility index (Phi) is 6.74. The standard InChI is InChI=1S/C23H29N5O5S/c1-3-26(4-2)22(30)14-27-11-9-16-13-17(5-7-20(16)27)24-23(31)19-6-8-21(29)28(25-19)18-10-12-34(32,33)15-18/h5,7,9,11,13,18H,3-4,6,8,10,12,14-15H2,1-2H3,(H,24,31). The van der Waals surface area contributed by atoms with Gasteiger partial charge in [-0.05, 0) is 44.5 Å². The van der Waals surface area contributed by atoms with Crippen LogP contribution >= 0.6 is 0 Å². The number of nitrogens with zero attached hydrogens (tertiary/aromatic N) is 4. The van der Waals surface area contributed by atoms with Crippen molar-refractivity contribution in [2.75, 3.05) is 29.9 Å². The van der Waals surface area contributed by atoms with Gasteiger partial charge in [0.05, 0.1) is 17.5 Å². The highest BCUT2D eigenvalue weighted by molar-refractivity contribution is 7.91. The van der Waals surface area contributed by atoms with Crippen LogP contribution in [0.15, 0.2) is 35.6 Å². The van der Waals surface area contributed by atoms with Crippen molar-refractivity contribution in [3.8, 4) is 0 Å². The molecule has 1 aromatic carbocycles. The average molecular weight is 488 g/mol. The second-order valence-corrected chi connectivity index (χ2v) is 10.8. The first-order chi connectivity index (χ1) is 16.2. The van der Waals surface area contributed by atoms with E-state index in [1.54, 1.807) is 11.0 Å². The number of benzene rings is 1. The molecule has 1 saturated heterocycles. The van der Waals surface area contributed by atoms with E-state index in [9.17, 15) is 22.8 Å². The van der Waals surface area contributed by atoms with Crippen molar-refractivity contribution in [3.63, 3.8) is 0 Å². The molecule has 0 aliphatic carbocycles.